The molecule has 0 spiro atoms. The molecule has 0 rings (SSSR count). The molecule has 4 heteroatoms. The van der Waals surface area contributed by atoms with Crippen molar-refractivity contribution in [2.45, 2.75) is 25.8 Å². The van der Waals surface area contributed by atoms with Gasteiger partial charge in [0.15, 0.2) is 0 Å². The van der Waals surface area contributed by atoms with E-state index in [-0.39, 0.29) is 0 Å². The van der Waals surface area contributed by atoms with E-state index in [1.165, 1.54) is 18.6 Å². The standard InChI is InChI=1S/C11H26N2OS/c1-4-13(7-8-14-2)11(10-12)6-5-9-15-3/h11H,4-10,12H2,1-3H3. The van der Waals surface area contributed by atoms with Gasteiger partial charge in [-0.05, 0) is 31.4 Å². The largest absolute Gasteiger partial charge is 0.383 e. The highest BCUT2D eigenvalue weighted by atomic mass is 32.2. The van der Waals surface area contributed by atoms with Crippen LogP contribution >= 0.6 is 11.8 Å². The molecule has 0 saturated carbocycles. The molecule has 0 amide bonds. The molecule has 0 aliphatic carbocycles. The number of ether oxygens (including phenoxy) is 1. The van der Waals surface area contributed by atoms with Gasteiger partial charge in [0.25, 0.3) is 0 Å². The average molecular weight is 234 g/mol. The number of methoxy groups -OCH3 is 1. The van der Waals surface area contributed by atoms with E-state index in [1.807, 2.05) is 11.8 Å². The van der Waals surface area contributed by atoms with E-state index >= 15 is 0 Å². The maximum Gasteiger partial charge on any atom is 0.0589 e. The first-order chi connectivity index (χ1) is 7.29. The maximum atomic E-state index is 5.81. The predicted molar refractivity (Wildman–Crippen MR) is 69.6 cm³/mol. The van der Waals surface area contributed by atoms with Crippen molar-refractivity contribution in [1.29, 1.82) is 0 Å². The highest BCUT2D eigenvalue weighted by Gasteiger charge is 2.14. The summed E-state index contributed by atoms with van der Waals surface area (Å²) < 4.78 is 5.11. The summed E-state index contributed by atoms with van der Waals surface area (Å²) in [6.45, 7) is 5.80. The molecule has 0 aliphatic heterocycles. The Morgan fingerprint density at radius 3 is 2.67 bits per heavy atom. The Balaban J connectivity index is 3.85. The molecule has 0 bridgehead atoms. The molecular weight excluding hydrogens is 208 g/mol. The molecule has 0 radical (unpaired) electrons. The van der Waals surface area contributed by atoms with Crippen molar-refractivity contribution in [1.82, 2.24) is 4.90 Å². The summed E-state index contributed by atoms with van der Waals surface area (Å²) in [5, 5.41) is 0. The van der Waals surface area contributed by atoms with Gasteiger partial charge in [-0.25, -0.2) is 0 Å². The number of thioether (sulfide) groups is 1. The lowest BCUT2D eigenvalue weighted by atomic mass is 10.1. The topological polar surface area (TPSA) is 38.5 Å². The minimum absolute atomic E-state index is 0.525. The van der Waals surface area contributed by atoms with Crippen LogP contribution in [-0.4, -0.2) is 56.3 Å². The zero-order chi connectivity index (χ0) is 11.5. The van der Waals surface area contributed by atoms with Crippen molar-refractivity contribution in [2.75, 3.05) is 45.4 Å². The summed E-state index contributed by atoms with van der Waals surface area (Å²) in [7, 11) is 1.75. The molecule has 1 atom stereocenters. The molecule has 0 aromatic rings. The first kappa shape index (κ1) is 15.2. The number of nitrogens with zero attached hydrogens (tertiary/aromatic N) is 1. The molecule has 0 aliphatic rings. The van der Waals surface area contributed by atoms with Crippen molar-refractivity contribution in [3.63, 3.8) is 0 Å². The van der Waals surface area contributed by atoms with Gasteiger partial charge < -0.3 is 10.5 Å². The zero-order valence-electron chi connectivity index (χ0n) is 10.4. The summed E-state index contributed by atoms with van der Waals surface area (Å²) in [5.74, 6) is 1.23. The summed E-state index contributed by atoms with van der Waals surface area (Å²) in [6, 6.07) is 0.525. The van der Waals surface area contributed by atoms with E-state index in [9.17, 15) is 0 Å². The van der Waals surface area contributed by atoms with Crippen molar-refractivity contribution in [3.05, 3.63) is 0 Å². The molecule has 0 aromatic heterocycles. The van der Waals surface area contributed by atoms with Gasteiger partial charge in [0, 0.05) is 26.2 Å². The van der Waals surface area contributed by atoms with Gasteiger partial charge in [-0.3, -0.25) is 4.90 Å². The highest BCUT2D eigenvalue weighted by molar-refractivity contribution is 7.98. The Hall–Kier alpha value is 0.230. The lowest BCUT2D eigenvalue weighted by Gasteiger charge is -2.29. The molecule has 2 N–H and O–H groups in total. The summed E-state index contributed by atoms with van der Waals surface area (Å²) in [4.78, 5) is 2.42. The molecule has 0 fully saturated rings. The van der Waals surface area contributed by atoms with E-state index in [2.05, 4.69) is 18.1 Å². The fourth-order valence-electron chi connectivity index (χ4n) is 1.72. The highest BCUT2D eigenvalue weighted by Crippen LogP contribution is 2.08. The van der Waals surface area contributed by atoms with Crippen LogP contribution in [0.1, 0.15) is 19.8 Å². The van der Waals surface area contributed by atoms with Gasteiger partial charge in [0.05, 0.1) is 6.61 Å². The molecule has 3 nitrogen and oxygen atoms in total. The summed E-state index contributed by atoms with van der Waals surface area (Å²) in [5.41, 5.74) is 5.81. The van der Waals surface area contributed by atoms with Crippen LogP contribution in [0, 0.1) is 0 Å². The average Bonchev–Trinajstić information content (AvgIpc) is 2.27. The third-order valence-electron chi connectivity index (χ3n) is 2.66. The van der Waals surface area contributed by atoms with Crippen molar-refractivity contribution in [3.8, 4) is 0 Å². The lowest BCUT2D eigenvalue weighted by molar-refractivity contribution is 0.122. The summed E-state index contributed by atoms with van der Waals surface area (Å²) >= 11 is 1.91. The van der Waals surface area contributed by atoms with Gasteiger partial charge in [-0.15, -0.1) is 0 Å². The second-order valence-electron chi connectivity index (χ2n) is 3.65. The van der Waals surface area contributed by atoms with Gasteiger partial charge in [-0.1, -0.05) is 6.92 Å². The zero-order valence-corrected chi connectivity index (χ0v) is 11.2. The Labute approximate surface area is 98.7 Å². The number of nitrogens with two attached hydrogens (primary N) is 1. The SMILES string of the molecule is CCN(CCOC)C(CN)CCCSC. The number of hydrogen-bond donors (Lipinski definition) is 1. The molecule has 0 aromatic carbocycles. The second kappa shape index (κ2) is 10.7. The molecule has 0 saturated heterocycles. The van der Waals surface area contributed by atoms with Gasteiger partial charge >= 0.3 is 0 Å². The van der Waals surface area contributed by atoms with Crippen LogP contribution in [-0.2, 0) is 4.74 Å². The normalized spacial score (nSPS) is 13.4. The van der Waals surface area contributed by atoms with E-state index in [0.29, 0.717) is 6.04 Å². The maximum absolute atomic E-state index is 5.81. The Bertz CT molecular complexity index is 136. The fourth-order valence-corrected chi connectivity index (χ4v) is 2.18. The van der Waals surface area contributed by atoms with E-state index < -0.39 is 0 Å². The van der Waals surface area contributed by atoms with Gasteiger partial charge in [0.1, 0.15) is 0 Å². The quantitative estimate of drug-likeness (QED) is 0.580. The van der Waals surface area contributed by atoms with Crippen LogP contribution in [0.4, 0.5) is 0 Å². The minimum Gasteiger partial charge on any atom is -0.383 e. The number of rotatable bonds is 10. The monoisotopic (exact) mass is 234 g/mol. The van der Waals surface area contributed by atoms with E-state index in [1.54, 1.807) is 7.11 Å². The lowest BCUT2D eigenvalue weighted by Crippen LogP contribution is -2.42. The smallest absolute Gasteiger partial charge is 0.0589 e. The van der Waals surface area contributed by atoms with Crippen LogP contribution in [0.25, 0.3) is 0 Å². The third kappa shape index (κ3) is 7.17. The Morgan fingerprint density at radius 2 is 2.20 bits per heavy atom. The first-order valence-electron chi connectivity index (χ1n) is 5.72. The minimum atomic E-state index is 0.525. The predicted octanol–water partition coefficient (Wildman–Crippen LogP) is 1.43. The first-order valence-corrected chi connectivity index (χ1v) is 7.11. The molecule has 1 unspecified atom stereocenters. The van der Waals surface area contributed by atoms with Crippen LogP contribution in [0.2, 0.25) is 0 Å². The molecule has 0 heterocycles. The van der Waals surface area contributed by atoms with Crippen LogP contribution < -0.4 is 5.73 Å². The number of hydrogen-bond acceptors (Lipinski definition) is 4. The second-order valence-corrected chi connectivity index (χ2v) is 4.63. The van der Waals surface area contributed by atoms with Gasteiger partial charge in [-0.2, -0.15) is 11.8 Å². The molecule has 92 valence electrons. The van der Waals surface area contributed by atoms with Crippen molar-refractivity contribution in [2.24, 2.45) is 5.73 Å². The van der Waals surface area contributed by atoms with Crippen molar-refractivity contribution < 1.29 is 4.74 Å². The molecular formula is C11H26N2OS. The Kier molecular flexibility index (Phi) is 10.9. The van der Waals surface area contributed by atoms with Crippen molar-refractivity contribution >= 4 is 11.8 Å². The van der Waals surface area contributed by atoms with Crippen LogP contribution in [0.15, 0.2) is 0 Å². The Morgan fingerprint density at radius 1 is 1.47 bits per heavy atom. The fraction of sp³-hybridized carbons (Fsp3) is 1.00. The molecule has 15 heavy (non-hydrogen) atoms. The van der Waals surface area contributed by atoms with Gasteiger partial charge in [0.2, 0.25) is 0 Å². The van der Waals surface area contributed by atoms with Crippen LogP contribution in [0.5, 0.6) is 0 Å². The third-order valence-corrected chi connectivity index (χ3v) is 3.36. The van der Waals surface area contributed by atoms with E-state index in [0.717, 1.165) is 26.2 Å². The van der Waals surface area contributed by atoms with Crippen LogP contribution in [0.3, 0.4) is 0 Å². The summed E-state index contributed by atoms with van der Waals surface area (Å²) in [6.07, 6.45) is 4.61. The van der Waals surface area contributed by atoms with E-state index in [4.69, 9.17) is 10.5 Å². The number of likely N-dealkylation sites (N-methyl/N-ethyl adjacent to an activating group) is 1.